The van der Waals surface area contributed by atoms with Crippen LogP contribution in [0, 0.1) is 5.82 Å². The van der Waals surface area contributed by atoms with Gasteiger partial charge in [0, 0.05) is 12.6 Å². The maximum absolute atomic E-state index is 12.9. The predicted molar refractivity (Wildman–Crippen MR) is 81.7 cm³/mol. The summed E-state index contributed by atoms with van der Waals surface area (Å²) in [7, 11) is 0. The van der Waals surface area contributed by atoms with E-state index in [1.807, 2.05) is 13.8 Å². The molecule has 2 rings (SSSR count). The van der Waals surface area contributed by atoms with Crippen molar-refractivity contribution in [1.82, 2.24) is 4.90 Å². The maximum Gasteiger partial charge on any atom is 0.123 e. The van der Waals surface area contributed by atoms with E-state index >= 15 is 0 Å². The quantitative estimate of drug-likeness (QED) is 0.839. The zero-order valence-corrected chi connectivity index (χ0v) is 13.0. The summed E-state index contributed by atoms with van der Waals surface area (Å²) in [5.41, 5.74) is 0.793. The number of halogens is 1. The molecule has 1 aliphatic rings. The van der Waals surface area contributed by atoms with E-state index in [2.05, 4.69) is 4.90 Å². The molecule has 0 amide bonds. The van der Waals surface area contributed by atoms with Gasteiger partial charge in [-0.25, -0.2) is 4.39 Å². The first-order valence-corrected chi connectivity index (χ1v) is 7.85. The van der Waals surface area contributed by atoms with Crippen LogP contribution in [0.15, 0.2) is 24.3 Å². The average Bonchev–Trinajstić information content (AvgIpc) is 2.86. The normalized spacial score (nSPS) is 21.1. The highest BCUT2D eigenvalue weighted by atomic mass is 19.1. The third-order valence-corrected chi connectivity index (χ3v) is 4.08. The van der Waals surface area contributed by atoms with Gasteiger partial charge in [0.25, 0.3) is 0 Å². The van der Waals surface area contributed by atoms with Gasteiger partial charge in [0.05, 0.1) is 18.8 Å². The fraction of sp³-hybridized carbons (Fsp3) is 0.647. The molecule has 1 aromatic carbocycles. The van der Waals surface area contributed by atoms with Crippen LogP contribution in [0.5, 0.6) is 0 Å². The number of benzene rings is 1. The summed E-state index contributed by atoms with van der Waals surface area (Å²) in [4.78, 5) is 2.40. The highest BCUT2D eigenvalue weighted by Crippen LogP contribution is 2.27. The first-order valence-electron chi connectivity index (χ1n) is 7.85. The summed E-state index contributed by atoms with van der Waals surface area (Å²) in [6.45, 7) is 6.81. The first-order chi connectivity index (χ1) is 10.1. The van der Waals surface area contributed by atoms with Crippen LogP contribution in [0.2, 0.25) is 0 Å². The lowest BCUT2D eigenvalue weighted by atomic mass is 10.0. The maximum atomic E-state index is 12.9. The van der Waals surface area contributed by atoms with Crippen molar-refractivity contribution in [2.75, 3.05) is 19.7 Å². The molecule has 0 bridgehead atoms. The Morgan fingerprint density at radius 3 is 2.71 bits per heavy atom. The van der Waals surface area contributed by atoms with Crippen LogP contribution in [0.1, 0.15) is 44.8 Å². The molecule has 4 heteroatoms. The van der Waals surface area contributed by atoms with E-state index in [1.54, 1.807) is 12.1 Å². The average molecular weight is 295 g/mol. The molecule has 1 saturated heterocycles. The number of hydrogen-bond donors (Lipinski definition) is 1. The molecule has 1 fully saturated rings. The lowest BCUT2D eigenvalue weighted by Crippen LogP contribution is -2.34. The molecule has 0 aromatic heterocycles. The Kier molecular flexibility index (Phi) is 6.15. The van der Waals surface area contributed by atoms with Crippen molar-refractivity contribution in [3.63, 3.8) is 0 Å². The molecule has 1 aliphatic heterocycles. The smallest absolute Gasteiger partial charge is 0.123 e. The molecule has 2 atom stereocenters. The van der Waals surface area contributed by atoms with Crippen molar-refractivity contribution < 1.29 is 14.2 Å². The second kappa shape index (κ2) is 7.87. The molecule has 0 spiro atoms. The van der Waals surface area contributed by atoms with Crippen molar-refractivity contribution in [3.8, 4) is 0 Å². The SMILES string of the molecule is CC(C)OCCN1CCCC1CC(O)c1ccc(F)cc1. The molecule has 1 aromatic rings. The number of aliphatic hydroxyl groups excluding tert-OH is 1. The van der Waals surface area contributed by atoms with Crippen molar-refractivity contribution in [2.45, 2.75) is 51.4 Å². The van der Waals surface area contributed by atoms with Gasteiger partial charge < -0.3 is 9.84 Å². The van der Waals surface area contributed by atoms with Crippen LogP contribution >= 0.6 is 0 Å². The number of nitrogens with zero attached hydrogens (tertiary/aromatic N) is 1. The van der Waals surface area contributed by atoms with Crippen LogP contribution in [0.3, 0.4) is 0 Å². The minimum atomic E-state index is -0.526. The Labute approximate surface area is 126 Å². The molecule has 1 heterocycles. The largest absolute Gasteiger partial charge is 0.388 e. The Morgan fingerprint density at radius 1 is 1.33 bits per heavy atom. The minimum absolute atomic E-state index is 0.260. The third kappa shape index (κ3) is 5.06. The zero-order chi connectivity index (χ0) is 15.2. The molecule has 3 nitrogen and oxygen atoms in total. The van der Waals surface area contributed by atoms with E-state index in [0.717, 1.165) is 31.7 Å². The highest BCUT2D eigenvalue weighted by molar-refractivity contribution is 5.18. The lowest BCUT2D eigenvalue weighted by molar-refractivity contribution is 0.0485. The Hall–Kier alpha value is -0.970. The van der Waals surface area contributed by atoms with Crippen molar-refractivity contribution in [2.24, 2.45) is 0 Å². The van der Waals surface area contributed by atoms with E-state index in [0.29, 0.717) is 12.5 Å². The zero-order valence-electron chi connectivity index (χ0n) is 13.0. The van der Waals surface area contributed by atoms with Crippen molar-refractivity contribution in [3.05, 3.63) is 35.6 Å². The second-order valence-corrected chi connectivity index (χ2v) is 6.05. The van der Waals surface area contributed by atoms with E-state index in [1.165, 1.54) is 18.6 Å². The highest BCUT2D eigenvalue weighted by Gasteiger charge is 2.26. The van der Waals surface area contributed by atoms with Gasteiger partial charge in [-0.2, -0.15) is 0 Å². The van der Waals surface area contributed by atoms with Gasteiger partial charge in [0.1, 0.15) is 5.82 Å². The van der Waals surface area contributed by atoms with Crippen LogP contribution < -0.4 is 0 Å². The standard InChI is InChI=1S/C17H26FNO2/c1-13(2)21-11-10-19-9-3-4-16(19)12-17(20)14-5-7-15(18)8-6-14/h5-8,13,16-17,20H,3-4,9-12H2,1-2H3. The van der Waals surface area contributed by atoms with Crippen LogP contribution in [0.4, 0.5) is 4.39 Å². The fourth-order valence-corrected chi connectivity index (χ4v) is 2.94. The van der Waals surface area contributed by atoms with Gasteiger partial charge in [-0.05, 0) is 57.4 Å². The van der Waals surface area contributed by atoms with Crippen molar-refractivity contribution in [1.29, 1.82) is 0 Å². The Bertz CT molecular complexity index is 421. The first kappa shape index (κ1) is 16.4. The summed E-state index contributed by atoms with van der Waals surface area (Å²) >= 11 is 0. The number of aliphatic hydroxyl groups is 1. The van der Waals surface area contributed by atoms with Crippen molar-refractivity contribution >= 4 is 0 Å². The van der Waals surface area contributed by atoms with Gasteiger partial charge in [-0.15, -0.1) is 0 Å². The van der Waals surface area contributed by atoms with Gasteiger partial charge >= 0.3 is 0 Å². The summed E-state index contributed by atoms with van der Waals surface area (Å²) in [5.74, 6) is -0.265. The molecule has 0 saturated carbocycles. The Morgan fingerprint density at radius 2 is 2.05 bits per heavy atom. The summed E-state index contributed by atoms with van der Waals surface area (Å²) < 4.78 is 18.5. The van der Waals surface area contributed by atoms with Gasteiger partial charge in [-0.1, -0.05) is 12.1 Å². The molecule has 1 N–H and O–H groups in total. The number of likely N-dealkylation sites (tertiary alicyclic amines) is 1. The van der Waals surface area contributed by atoms with Crippen LogP contribution in [0.25, 0.3) is 0 Å². The molecular formula is C17H26FNO2. The van der Waals surface area contributed by atoms with Crippen LogP contribution in [-0.2, 0) is 4.74 Å². The monoisotopic (exact) mass is 295 g/mol. The topological polar surface area (TPSA) is 32.7 Å². The van der Waals surface area contributed by atoms with E-state index < -0.39 is 6.10 Å². The molecular weight excluding hydrogens is 269 g/mol. The van der Waals surface area contributed by atoms with Gasteiger partial charge in [0.15, 0.2) is 0 Å². The fourth-order valence-electron chi connectivity index (χ4n) is 2.94. The molecule has 0 aliphatic carbocycles. The number of ether oxygens (including phenoxy) is 1. The van der Waals surface area contributed by atoms with E-state index in [-0.39, 0.29) is 11.9 Å². The number of hydrogen-bond acceptors (Lipinski definition) is 3. The summed E-state index contributed by atoms with van der Waals surface area (Å²) in [6.07, 6.45) is 2.72. The molecule has 2 unspecified atom stereocenters. The number of rotatable bonds is 7. The van der Waals surface area contributed by atoms with Crippen LogP contribution in [-0.4, -0.2) is 41.8 Å². The van der Waals surface area contributed by atoms with E-state index in [9.17, 15) is 9.50 Å². The minimum Gasteiger partial charge on any atom is -0.388 e. The van der Waals surface area contributed by atoms with E-state index in [4.69, 9.17) is 4.74 Å². The summed E-state index contributed by atoms with van der Waals surface area (Å²) in [5, 5.41) is 10.3. The molecule has 21 heavy (non-hydrogen) atoms. The molecule has 0 radical (unpaired) electrons. The second-order valence-electron chi connectivity index (χ2n) is 6.05. The van der Waals surface area contributed by atoms with Gasteiger partial charge in [0.2, 0.25) is 0 Å². The summed E-state index contributed by atoms with van der Waals surface area (Å²) in [6, 6.07) is 6.53. The van der Waals surface area contributed by atoms with Gasteiger partial charge in [-0.3, -0.25) is 4.90 Å². The molecule has 118 valence electrons. The Balaban J connectivity index is 1.84. The predicted octanol–water partition coefficient (Wildman–Crippen LogP) is 3.14. The third-order valence-electron chi connectivity index (χ3n) is 4.08. The lowest BCUT2D eigenvalue weighted by Gasteiger charge is -2.26.